The number of benzene rings is 1. The second-order valence-corrected chi connectivity index (χ2v) is 7.71. The number of sulfonamides is 1. The van der Waals surface area contributed by atoms with Crippen LogP contribution in [0.5, 0.6) is 0 Å². The first-order chi connectivity index (χ1) is 9.33. The molecule has 0 unspecified atom stereocenters. The van der Waals surface area contributed by atoms with Crippen molar-refractivity contribution in [2.24, 2.45) is 0 Å². The summed E-state index contributed by atoms with van der Waals surface area (Å²) < 4.78 is 28.2. The third kappa shape index (κ3) is 3.07. The maximum Gasteiger partial charge on any atom is 0.241 e. The van der Waals surface area contributed by atoms with Crippen LogP contribution in [-0.2, 0) is 10.0 Å². The molecule has 1 saturated carbocycles. The van der Waals surface area contributed by atoms with Crippen molar-refractivity contribution in [2.45, 2.75) is 70.7 Å². The van der Waals surface area contributed by atoms with Gasteiger partial charge in [0, 0.05) is 6.04 Å². The molecular weight excluding hydrogens is 270 g/mol. The Morgan fingerprint density at radius 3 is 2.15 bits per heavy atom. The molecular formula is C16H25NO2S. The molecule has 4 heteroatoms. The van der Waals surface area contributed by atoms with E-state index in [1.807, 2.05) is 33.8 Å². The number of rotatable bonds is 3. The van der Waals surface area contributed by atoms with E-state index >= 15 is 0 Å². The molecule has 2 rings (SSSR count). The van der Waals surface area contributed by atoms with Crippen LogP contribution < -0.4 is 4.72 Å². The molecule has 1 aromatic carbocycles. The molecule has 0 aromatic heterocycles. The molecule has 0 atom stereocenters. The maximum atomic E-state index is 12.6. The van der Waals surface area contributed by atoms with Gasteiger partial charge in [-0.05, 0) is 68.9 Å². The van der Waals surface area contributed by atoms with E-state index in [1.54, 1.807) is 0 Å². The van der Waals surface area contributed by atoms with E-state index in [0.717, 1.165) is 42.4 Å². The predicted octanol–water partition coefficient (Wildman–Crippen LogP) is 3.53. The standard InChI is InChI=1S/C16H25NO2S/c1-11-10-16(14(4)13(3)12(11)2)20(18,19)17-15-8-6-5-7-9-15/h10,15,17H,5-9H2,1-4H3. The van der Waals surface area contributed by atoms with Crippen molar-refractivity contribution in [3.05, 3.63) is 28.3 Å². The fourth-order valence-electron chi connectivity index (χ4n) is 2.96. The predicted molar refractivity (Wildman–Crippen MR) is 82.6 cm³/mol. The molecule has 0 spiro atoms. The molecule has 112 valence electrons. The average molecular weight is 295 g/mol. The van der Waals surface area contributed by atoms with E-state index in [-0.39, 0.29) is 6.04 Å². The summed E-state index contributed by atoms with van der Waals surface area (Å²) in [5, 5.41) is 0. The van der Waals surface area contributed by atoms with E-state index in [0.29, 0.717) is 4.90 Å². The molecule has 1 aromatic rings. The smallest absolute Gasteiger partial charge is 0.208 e. The maximum absolute atomic E-state index is 12.6. The van der Waals surface area contributed by atoms with Crippen LogP contribution in [0.25, 0.3) is 0 Å². The molecule has 1 N–H and O–H groups in total. The topological polar surface area (TPSA) is 46.2 Å². The van der Waals surface area contributed by atoms with Gasteiger partial charge in [-0.3, -0.25) is 0 Å². The van der Waals surface area contributed by atoms with Crippen LogP contribution in [0.1, 0.15) is 54.4 Å². The molecule has 1 aliphatic rings. The van der Waals surface area contributed by atoms with Crippen LogP contribution in [0.3, 0.4) is 0 Å². The summed E-state index contributed by atoms with van der Waals surface area (Å²) in [5.41, 5.74) is 4.17. The van der Waals surface area contributed by atoms with Gasteiger partial charge in [0.1, 0.15) is 0 Å². The van der Waals surface area contributed by atoms with Crippen LogP contribution in [0.4, 0.5) is 0 Å². The van der Waals surface area contributed by atoms with Gasteiger partial charge in [0.05, 0.1) is 4.90 Å². The van der Waals surface area contributed by atoms with Crippen molar-refractivity contribution >= 4 is 10.0 Å². The summed E-state index contributed by atoms with van der Waals surface area (Å²) in [4.78, 5) is 0.448. The minimum Gasteiger partial charge on any atom is -0.208 e. The minimum absolute atomic E-state index is 0.107. The Morgan fingerprint density at radius 2 is 1.55 bits per heavy atom. The molecule has 0 amide bonds. The number of aryl methyl sites for hydroxylation is 1. The molecule has 1 aliphatic carbocycles. The first-order valence-electron chi connectivity index (χ1n) is 7.42. The zero-order valence-electron chi connectivity index (χ0n) is 12.9. The highest BCUT2D eigenvalue weighted by molar-refractivity contribution is 7.89. The minimum atomic E-state index is -3.40. The third-order valence-corrected chi connectivity index (χ3v) is 6.30. The molecule has 0 radical (unpaired) electrons. The quantitative estimate of drug-likeness (QED) is 0.927. The monoisotopic (exact) mass is 295 g/mol. The Bertz CT molecular complexity index is 599. The van der Waals surface area contributed by atoms with E-state index in [4.69, 9.17) is 0 Å². The van der Waals surface area contributed by atoms with Crippen LogP contribution in [-0.4, -0.2) is 14.5 Å². The largest absolute Gasteiger partial charge is 0.241 e. The molecule has 20 heavy (non-hydrogen) atoms. The lowest BCUT2D eigenvalue weighted by atomic mass is 9.96. The van der Waals surface area contributed by atoms with Crippen LogP contribution in [0, 0.1) is 27.7 Å². The molecule has 3 nitrogen and oxygen atoms in total. The highest BCUT2D eigenvalue weighted by Crippen LogP contribution is 2.26. The van der Waals surface area contributed by atoms with Gasteiger partial charge in [-0.25, -0.2) is 13.1 Å². The normalized spacial score (nSPS) is 17.4. The number of nitrogens with one attached hydrogen (secondary N) is 1. The molecule has 1 fully saturated rings. The zero-order valence-corrected chi connectivity index (χ0v) is 13.7. The summed E-state index contributed by atoms with van der Waals surface area (Å²) in [7, 11) is -3.40. The van der Waals surface area contributed by atoms with Crippen molar-refractivity contribution in [3.63, 3.8) is 0 Å². The lowest BCUT2D eigenvalue weighted by Gasteiger charge is -2.23. The first kappa shape index (κ1) is 15.5. The van der Waals surface area contributed by atoms with E-state index < -0.39 is 10.0 Å². The Kier molecular flexibility index (Phi) is 4.55. The summed E-state index contributed by atoms with van der Waals surface area (Å²) in [5.74, 6) is 0. The molecule has 0 bridgehead atoms. The van der Waals surface area contributed by atoms with Gasteiger partial charge in [-0.2, -0.15) is 0 Å². The van der Waals surface area contributed by atoms with Crippen LogP contribution >= 0.6 is 0 Å². The van der Waals surface area contributed by atoms with Crippen molar-refractivity contribution in [1.29, 1.82) is 0 Å². The van der Waals surface area contributed by atoms with Crippen molar-refractivity contribution in [3.8, 4) is 0 Å². The fraction of sp³-hybridized carbons (Fsp3) is 0.625. The van der Waals surface area contributed by atoms with E-state index in [2.05, 4.69) is 4.72 Å². The van der Waals surface area contributed by atoms with E-state index in [1.165, 1.54) is 12.0 Å². The Morgan fingerprint density at radius 1 is 0.950 bits per heavy atom. The molecule has 0 aliphatic heterocycles. The Balaban J connectivity index is 2.34. The summed E-state index contributed by atoms with van der Waals surface area (Å²) in [6.45, 7) is 7.92. The highest BCUT2D eigenvalue weighted by atomic mass is 32.2. The summed E-state index contributed by atoms with van der Waals surface area (Å²) in [6.07, 6.45) is 5.39. The van der Waals surface area contributed by atoms with Crippen LogP contribution in [0.2, 0.25) is 0 Å². The Labute approximate surface area is 122 Å². The highest BCUT2D eigenvalue weighted by Gasteiger charge is 2.24. The van der Waals surface area contributed by atoms with Crippen molar-refractivity contribution in [1.82, 2.24) is 4.72 Å². The average Bonchev–Trinajstić information content (AvgIpc) is 2.41. The summed E-state index contributed by atoms with van der Waals surface area (Å²) in [6, 6.07) is 1.91. The zero-order chi connectivity index (χ0) is 14.9. The van der Waals surface area contributed by atoms with Gasteiger partial charge in [0.25, 0.3) is 0 Å². The molecule has 0 heterocycles. The van der Waals surface area contributed by atoms with Gasteiger partial charge in [-0.15, -0.1) is 0 Å². The number of hydrogen-bond acceptors (Lipinski definition) is 2. The van der Waals surface area contributed by atoms with Gasteiger partial charge >= 0.3 is 0 Å². The lowest BCUT2D eigenvalue weighted by molar-refractivity contribution is 0.412. The molecule has 0 saturated heterocycles. The van der Waals surface area contributed by atoms with Gasteiger partial charge in [0.2, 0.25) is 10.0 Å². The SMILES string of the molecule is Cc1cc(S(=O)(=O)NC2CCCCC2)c(C)c(C)c1C. The second kappa shape index (κ2) is 5.86. The Hall–Kier alpha value is -0.870. The third-order valence-electron chi connectivity index (χ3n) is 4.65. The van der Waals surface area contributed by atoms with Crippen molar-refractivity contribution in [2.75, 3.05) is 0 Å². The fourth-order valence-corrected chi connectivity index (χ4v) is 4.65. The van der Waals surface area contributed by atoms with Gasteiger partial charge in [0.15, 0.2) is 0 Å². The van der Waals surface area contributed by atoms with Crippen LogP contribution in [0.15, 0.2) is 11.0 Å². The van der Waals surface area contributed by atoms with Gasteiger partial charge < -0.3 is 0 Å². The van der Waals surface area contributed by atoms with Crippen molar-refractivity contribution < 1.29 is 8.42 Å². The second-order valence-electron chi connectivity index (χ2n) is 6.02. The first-order valence-corrected chi connectivity index (χ1v) is 8.91. The van der Waals surface area contributed by atoms with Gasteiger partial charge in [-0.1, -0.05) is 19.3 Å². The number of hydrogen-bond donors (Lipinski definition) is 1. The summed E-state index contributed by atoms with van der Waals surface area (Å²) >= 11 is 0. The van der Waals surface area contributed by atoms with E-state index in [9.17, 15) is 8.42 Å². The lowest BCUT2D eigenvalue weighted by Crippen LogP contribution is -2.36.